The van der Waals surface area contributed by atoms with Crippen molar-refractivity contribution in [1.82, 2.24) is 9.78 Å². The van der Waals surface area contributed by atoms with Crippen LogP contribution >= 0.6 is 11.6 Å². The molecule has 104 valence electrons. The molecule has 4 nitrogen and oxygen atoms in total. The average molecular weight is 297 g/mol. The number of nitrogen functional groups attached to an aromatic ring is 1. The maximum atomic E-state index is 7.44. The third-order valence-electron chi connectivity index (χ3n) is 3.20. The lowest BCUT2D eigenvalue weighted by Gasteiger charge is -2.05. The second-order valence-corrected chi connectivity index (χ2v) is 5.02. The normalized spacial score (nSPS) is 10.5. The molecule has 0 aliphatic heterocycles. The van der Waals surface area contributed by atoms with Crippen molar-refractivity contribution >= 4 is 17.4 Å². The van der Waals surface area contributed by atoms with Crippen LogP contribution in [0.15, 0.2) is 60.9 Å². The Balaban J connectivity index is 1.97. The first kappa shape index (κ1) is 13.4. The van der Waals surface area contributed by atoms with Crippen LogP contribution in [0.4, 0.5) is 0 Å². The van der Waals surface area contributed by atoms with Gasteiger partial charge < -0.3 is 5.73 Å². The van der Waals surface area contributed by atoms with E-state index in [2.05, 4.69) is 5.10 Å². The predicted octanol–water partition coefficient (Wildman–Crippen LogP) is 3.48. The van der Waals surface area contributed by atoms with Gasteiger partial charge in [-0.25, -0.2) is 4.68 Å². The van der Waals surface area contributed by atoms with Crippen molar-refractivity contribution in [1.29, 1.82) is 5.41 Å². The number of hydrogen-bond acceptors (Lipinski definition) is 2. The largest absolute Gasteiger partial charge is 0.384 e. The van der Waals surface area contributed by atoms with Crippen LogP contribution in [-0.2, 0) is 0 Å². The summed E-state index contributed by atoms with van der Waals surface area (Å²) >= 11 is 6.14. The molecule has 0 saturated carbocycles. The lowest BCUT2D eigenvalue weighted by Crippen LogP contribution is -2.11. The van der Waals surface area contributed by atoms with E-state index in [1.54, 1.807) is 16.8 Å². The van der Waals surface area contributed by atoms with Gasteiger partial charge in [0.25, 0.3) is 0 Å². The van der Waals surface area contributed by atoms with Crippen molar-refractivity contribution in [2.24, 2.45) is 5.73 Å². The van der Waals surface area contributed by atoms with Gasteiger partial charge in [-0.05, 0) is 23.8 Å². The predicted molar refractivity (Wildman–Crippen MR) is 85.0 cm³/mol. The number of nitrogens with zero attached hydrogens (tertiary/aromatic N) is 2. The van der Waals surface area contributed by atoms with Gasteiger partial charge in [0.2, 0.25) is 0 Å². The van der Waals surface area contributed by atoms with Crippen LogP contribution in [-0.4, -0.2) is 15.6 Å². The molecule has 0 atom stereocenters. The summed E-state index contributed by atoms with van der Waals surface area (Å²) in [7, 11) is 0. The zero-order valence-electron chi connectivity index (χ0n) is 11.1. The van der Waals surface area contributed by atoms with E-state index in [4.69, 9.17) is 22.7 Å². The van der Waals surface area contributed by atoms with E-state index in [9.17, 15) is 0 Å². The summed E-state index contributed by atoms with van der Waals surface area (Å²) < 4.78 is 1.75. The molecule has 0 amide bonds. The molecule has 5 heteroatoms. The Morgan fingerprint density at radius 1 is 1.10 bits per heavy atom. The van der Waals surface area contributed by atoms with Gasteiger partial charge in [-0.1, -0.05) is 41.9 Å². The molecule has 0 fully saturated rings. The van der Waals surface area contributed by atoms with Gasteiger partial charge in [-0.3, -0.25) is 5.41 Å². The Morgan fingerprint density at radius 3 is 2.52 bits per heavy atom. The fourth-order valence-electron chi connectivity index (χ4n) is 2.11. The summed E-state index contributed by atoms with van der Waals surface area (Å²) in [6.07, 6.45) is 3.75. The van der Waals surface area contributed by atoms with Gasteiger partial charge in [-0.15, -0.1) is 0 Å². The Labute approximate surface area is 127 Å². The van der Waals surface area contributed by atoms with E-state index >= 15 is 0 Å². The molecular formula is C16H13ClN4. The van der Waals surface area contributed by atoms with Crippen LogP contribution in [0, 0.1) is 5.41 Å². The average Bonchev–Trinajstić information content (AvgIpc) is 2.97. The van der Waals surface area contributed by atoms with E-state index in [1.165, 1.54) is 0 Å². The minimum Gasteiger partial charge on any atom is -0.384 e. The van der Waals surface area contributed by atoms with Crippen molar-refractivity contribution in [2.75, 3.05) is 0 Å². The third kappa shape index (κ3) is 2.66. The number of amidine groups is 1. The summed E-state index contributed by atoms with van der Waals surface area (Å²) in [4.78, 5) is 0. The van der Waals surface area contributed by atoms with Gasteiger partial charge in [0.15, 0.2) is 0 Å². The van der Waals surface area contributed by atoms with Gasteiger partial charge in [0.05, 0.1) is 16.9 Å². The summed E-state index contributed by atoms with van der Waals surface area (Å²) in [6.45, 7) is 0. The topological polar surface area (TPSA) is 67.7 Å². The molecule has 0 radical (unpaired) electrons. The van der Waals surface area contributed by atoms with Gasteiger partial charge in [0, 0.05) is 17.3 Å². The van der Waals surface area contributed by atoms with Crippen LogP contribution in [0.25, 0.3) is 16.8 Å². The standard InChI is InChI=1S/C16H13ClN4/c17-15-8-13(6-7-14(15)16(18)19)21-10-12(9-20-21)11-4-2-1-3-5-11/h1-10H,(H3,18,19). The van der Waals surface area contributed by atoms with Crippen molar-refractivity contribution in [3.63, 3.8) is 0 Å². The fourth-order valence-corrected chi connectivity index (χ4v) is 2.39. The molecule has 1 heterocycles. The molecule has 0 aliphatic carbocycles. The first-order valence-corrected chi connectivity index (χ1v) is 6.77. The fraction of sp³-hybridized carbons (Fsp3) is 0. The van der Waals surface area contributed by atoms with Crippen LogP contribution in [0.3, 0.4) is 0 Å². The highest BCUT2D eigenvalue weighted by Gasteiger charge is 2.07. The third-order valence-corrected chi connectivity index (χ3v) is 3.51. The Hall–Kier alpha value is -2.59. The van der Waals surface area contributed by atoms with Crippen LogP contribution in [0.5, 0.6) is 0 Å². The second-order valence-electron chi connectivity index (χ2n) is 4.62. The Bertz CT molecular complexity index is 793. The van der Waals surface area contributed by atoms with E-state index in [-0.39, 0.29) is 5.84 Å². The van der Waals surface area contributed by atoms with Gasteiger partial charge >= 0.3 is 0 Å². The first-order valence-electron chi connectivity index (χ1n) is 6.39. The zero-order chi connectivity index (χ0) is 14.8. The highest BCUT2D eigenvalue weighted by molar-refractivity contribution is 6.34. The van der Waals surface area contributed by atoms with Crippen molar-refractivity contribution in [3.8, 4) is 16.8 Å². The SMILES string of the molecule is N=C(N)c1ccc(-n2cc(-c3ccccc3)cn2)cc1Cl. The molecule has 0 bridgehead atoms. The molecule has 2 aromatic carbocycles. The van der Waals surface area contributed by atoms with E-state index in [0.717, 1.165) is 16.8 Å². The number of rotatable bonds is 3. The molecule has 1 aromatic heterocycles. The minimum atomic E-state index is -0.0445. The van der Waals surface area contributed by atoms with E-state index < -0.39 is 0 Å². The quantitative estimate of drug-likeness (QED) is 0.574. The van der Waals surface area contributed by atoms with Crippen molar-refractivity contribution < 1.29 is 0 Å². The Morgan fingerprint density at radius 2 is 1.86 bits per heavy atom. The molecule has 0 saturated heterocycles. The number of aromatic nitrogens is 2. The van der Waals surface area contributed by atoms with Crippen molar-refractivity contribution in [3.05, 3.63) is 71.5 Å². The summed E-state index contributed by atoms with van der Waals surface area (Å²) in [6, 6.07) is 15.3. The molecule has 3 rings (SSSR count). The maximum Gasteiger partial charge on any atom is 0.124 e. The number of nitrogens with two attached hydrogens (primary N) is 1. The highest BCUT2D eigenvalue weighted by Crippen LogP contribution is 2.23. The Kier molecular flexibility index (Phi) is 3.46. The first-order chi connectivity index (χ1) is 10.1. The van der Waals surface area contributed by atoms with E-state index in [0.29, 0.717) is 10.6 Å². The summed E-state index contributed by atoms with van der Waals surface area (Å²) in [5.74, 6) is -0.0445. The number of hydrogen-bond donors (Lipinski definition) is 2. The lowest BCUT2D eigenvalue weighted by atomic mass is 10.1. The molecule has 3 N–H and O–H groups in total. The number of benzene rings is 2. The lowest BCUT2D eigenvalue weighted by molar-refractivity contribution is 0.880. The molecule has 21 heavy (non-hydrogen) atoms. The molecular weight excluding hydrogens is 284 g/mol. The zero-order valence-corrected chi connectivity index (χ0v) is 11.9. The van der Waals surface area contributed by atoms with Crippen LogP contribution in [0.1, 0.15) is 5.56 Å². The number of halogens is 1. The maximum absolute atomic E-state index is 7.44. The molecule has 3 aromatic rings. The monoisotopic (exact) mass is 296 g/mol. The van der Waals surface area contributed by atoms with Crippen molar-refractivity contribution in [2.45, 2.75) is 0 Å². The molecule has 0 aliphatic rings. The minimum absolute atomic E-state index is 0.0445. The van der Waals surface area contributed by atoms with Crippen LogP contribution < -0.4 is 5.73 Å². The van der Waals surface area contributed by atoms with Gasteiger partial charge in [0.1, 0.15) is 5.84 Å². The smallest absolute Gasteiger partial charge is 0.124 e. The highest BCUT2D eigenvalue weighted by atomic mass is 35.5. The van der Waals surface area contributed by atoms with Crippen LogP contribution in [0.2, 0.25) is 5.02 Å². The summed E-state index contributed by atoms with van der Waals surface area (Å²) in [5.41, 5.74) is 8.95. The summed E-state index contributed by atoms with van der Waals surface area (Å²) in [5, 5.41) is 12.2. The number of nitrogens with one attached hydrogen (secondary N) is 1. The van der Waals surface area contributed by atoms with E-state index in [1.807, 2.05) is 48.8 Å². The van der Waals surface area contributed by atoms with Gasteiger partial charge in [-0.2, -0.15) is 5.10 Å². The molecule has 0 spiro atoms. The molecule has 0 unspecified atom stereocenters. The second kappa shape index (κ2) is 5.42.